The lowest BCUT2D eigenvalue weighted by Gasteiger charge is -2.17. The van der Waals surface area contributed by atoms with Crippen molar-refractivity contribution in [3.05, 3.63) is 18.2 Å². The maximum atomic E-state index is 5.92. The van der Waals surface area contributed by atoms with E-state index in [4.69, 9.17) is 5.73 Å². The number of nitrogens with zero attached hydrogens (tertiary/aromatic N) is 2. The first-order valence-corrected chi connectivity index (χ1v) is 4.39. The Bertz CT molecular complexity index is 242. The zero-order valence-corrected chi connectivity index (χ0v) is 7.99. The highest BCUT2D eigenvalue weighted by Crippen LogP contribution is 2.16. The van der Waals surface area contributed by atoms with E-state index in [2.05, 4.69) is 18.8 Å². The zero-order valence-electron chi connectivity index (χ0n) is 7.99. The molecule has 12 heavy (non-hydrogen) atoms. The maximum Gasteiger partial charge on any atom is 0.112 e. The van der Waals surface area contributed by atoms with E-state index in [1.807, 2.05) is 24.0 Å². The maximum absolute atomic E-state index is 5.92. The molecule has 3 heteroatoms. The summed E-state index contributed by atoms with van der Waals surface area (Å²) in [5.74, 6) is 1.42. The van der Waals surface area contributed by atoms with Gasteiger partial charge in [0, 0.05) is 31.4 Å². The molecule has 2 unspecified atom stereocenters. The molecule has 1 aromatic rings. The lowest BCUT2D eigenvalue weighted by molar-refractivity contribution is 0.515. The van der Waals surface area contributed by atoms with Crippen LogP contribution in [0.5, 0.6) is 0 Å². The third-order valence-corrected chi connectivity index (χ3v) is 2.38. The molecule has 0 amide bonds. The van der Waals surface area contributed by atoms with Crippen molar-refractivity contribution in [2.24, 2.45) is 12.8 Å². The average Bonchev–Trinajstić information content (AvgIpc) is 2.48. The van der Waals surface area contributed by atoms with E-state index in [1.165, 1.54) is 0 Å². The Morgan fingerprint density at radius 1 is 1.67 bits per heavy atom. The van der Waals surface area contributed by atoms with Crippen molar-refractivity contribution < 1.29 is 0 Å². The molecule has 2 atom stereocenters. The molecular weight excluding hydrogens is 150 g/mol. The lowest BCUT2D eigenvalue weighted by Crippen LogP contribution is -2.27. The van der Waals surface area contributed by atoms with Gasteiger partial charge in [-0.2, -0.15) is 0 Å². The molecule has 0 radical (unpaired) electrons. The second-order valence-corrected chi connectivity index (χ2v) is 3.26. The standard InChI is InChI=1S/C9H17N3/c1-4-8(10)7(2)9-11-5-6-12(9)3/h5-8H,4,10H2,1-3H3. The minimum atomic E-state index is 0.214. The minimum Gasteiger partial charge on any atom is -0.338 e. The van der Waals surface area contributed by atoms with Crippen LogP contribution in [0.3, 0.4) is 0 Å². The number of imidazole rings is 1. The van der Waals surface area contributed by atoms with Gasteiger partial charge in [-0.25, -0.2) is 4.98 Å². The normalized spacial score (nSPS) is 16.0. The minimum absolute atomic E-state index is 0.214. The molecular formula is C9H17N3. The number of rotatable bonds is 3. The van der Waals surface area contributed by atoms with Crippen LogP contribution in [0.25, 0.3) is 0 Å². The lowest BCUT2D eigenvalue weighted by atomic mass is 10.00. The summed E-state index contributed by atoms with van der Waals surface area (Å²) in [5.41, 5.74) is 5.92. The first kappa shape index (κ1) is 9.26. The van der Waals surface area contributed by atoms with Gasteiger partial charge in [0.05, 0.1) is 0 Å². The van der Waals surface area contributed by atoms with Crippen molar-refractivity contribution in [1.29, 1.82) is 0 Å². The van der Waals surface area contributed by atoms with Gasteiger partial charge in [-0.05, 0) is 6.42 Å². The van der Waals surface area contributed by atoms with Crippen molar-refractivity contribution in [3.8, 4) is 0 Å². The summed E-state index contributed by atoms with van der Waals surface area (Å²) in [7, 11) is 2.00. The summed E-state index contributed by atoms with van der Waals surface area (Å²) >= 11 is 0. The van der Waals surface area contributed by atoms with E-state index >= 15 is 0 Å². The fourth-order valence-corrected chi connectivity index (χ4v) is 1.36. The monoisotopic (exact) mass is 167 g/mol. The van der Waals surface area contributed by atoms with E-state index in [0.717, 1.165) is 12.2 Å². The van der Waals surface area contributed by atoms with Crippen molar-refractivity contribution in [1.82, 2.24) is 9.55 Å². The van der Waals surface area contributed by atoms with Crippen molar-refractivity contribution >= 4 is 0 Å². The Hall–Kier alpha value is -0.830. The van der Waals surface area contributed by atoms with E-state index in [-0.39, 0.29) is 6.04 Å². The number of aryl methyl sites for hydroxylation is 1. The number of hydrogen-bond donors (Lipinski definition) is 1. The molecule has 0 aromatic carbocycles. The predicted octanol–water partition coefficient (Wildman–Crippen LogP) is 1.26. The third-order valence-electron chi connectivity index (χ3n) is 2.38. The van der Waals surface area contributed by atoms with Gasteiger partial charge in [-0.15, -0.1) is 0 Å². The Labute approximate surface area is 73.6 Å². The fraction of sp³-hybridized carbons (Fsp3) is 0.667. The molecule has 0 aliphatic heterocycles. The summed E-state index contributed by atoms with van der Waals surface area (Å²) in [6.07, 6.45) is 4.76. The van der Waals surface area contributed by atoms with Gasteiger partial charge >= 0.3 is 0 Å². The molecule has 0 spiro atoms. The van der Waals surface area contributed by atoms with Crippen LogP contribution in [0, 0.1) is 0 Å². The van der Waals surface area contributed by atoms with Crippen molar-refractivity contribution in [2.45, 2.75) is 32.2 Å². The van der Waals surface area contributed by atoms with Crippen LogP contribution in [0.4, 0.5) is 0 Å². The summed E-state index contributed by atoms with van der Waals surface area (Å²) in [5, 5.41) is 0. The average molecular weight is 167 g/mol. The van der Waals surface area contributed by atoms with E-state index in [0.29, 0.717) is 5.92 Å². The summed E-state index contributed by atoms with van der Waals surface area (Å²) < 4.78 is 2.03. The topological polar surface area (TPSA) is 43.8 Å². The molecule has 0 aliphatic carbocycles. The molecule has 0 fully saturated rings. The molecule has 0 bridgehead atoms. The van der Waals surface area contributed by atoms with Crippen LogP contribution in [-0.2, 0) is 7.05 Å². The second kappa shape index (κ2) is 3.72. The molecule has 0 saturated carbocycles. The Balaban J connectivity index is 2.77. The van der Waals surface area contributed by atoms with E-state index in [1.54, 1.807) is 0 Å². The Morgan fingerprint density at radius 3 is 2.75 bits per heavy atom. The molecule has 2 N–H and O–H groups in total. The smallest absolute Gasteiger partial charge is 0.112 e. The van der Waals surface area contributed by atoms with Gasteiger partial charge in [0.15, 0.2) is 0 Å². The molecule has 3 nitrogen and oxygen atoms in total. The predicted molar refractivity (Wildman–Crippen MR) is 49.9 cm³/mol. The van der Waals surface area contributed by atoms with Crippen LogP contribution in [0.15, 0.2) is 12.4 Å². The SMILES string of the molecule is CCC(N)C(C)c1nccn1C. The quantitative estimate of drug-likeness (QED) is 0.736. The summed E-state index contributed by atoms with van der Waals surface area (Å²) in [6, 6.07) is 0.214. The molecule has 0 saturated heterocycles. The number of nitrogens with two attached hydrogens (primary N) is 1. The number of aromatic nitrogens is 2. The van der Waals surface area contributed by atoms with Gasteiger partial charge < -0.3 is 10.3 Å². The highest BCUT2D eigenvalue weighted by Gasteiger charge is 2.16. The van der Waals surface area contributed by atoms with Crippen molar-refractivity contribution in [3.63, 3.8) is 0 Å². The molecule has 1 rings (SSSR count). The first-order chi connectivity index (χ1) is 5.66. The Morgan fingerprint density at radius 2 is 2.33 bits per heavy atom. The zero-order chi connectivity index (χ0) is 9.14. The van der Waals surface area contributed by atoms with Gasteiger partial charge in [-0.3, -0.25) is 0 Å². The van der Waals surface area contributed by atoms with E-state index < -0.39 is 0 Å². The highest BCUT2D eigenvalue weighted by atomic mass is 15.0. The third kappa shape index (κ3) is 1.67. The van der Waals surface area contributed by atoms with Crippen molar-refractivity contribution in [2.75, 3.05) is 0 Å². The van der Waals surface area contributed by atoms with Gasteiger partial charge in [0.25, 0.3) is 0 Å². The van der Waals surface area contributed by atoms with Gasteiger partial charge in [0.1, 0.15) is 5.82 Å². The van der Waals surface area contributed by atoms with E-state index in [9.17, 15) is 0 Å². The van der Waals surface area contributed by atoms with Crippen LogP contribution in [0.2, 0.25) is 0 Å². The second-order valence-electron chi connectivity index (χ2n) is 3.26. The summed E-state index contributed by atoms with van der Waals surface area (Å²) in [6.45, 7) is 4.22. The van der Waals surface area contributed by atoms with Crippen LogP contribution in [-0.4, -0.2) is 15.6 Å². The van der Waals surface area contributed by atoms with Gasteiger partial charge in [0.2, 0.25) is 0 Å². The highest BCUT2D eigenvalue weighted by molar-refractivity contribution is 5.01. The van der Waals surface area contributed by atoms with Crippen LogP contribution >= 0.6 is 0 Å². The molecule has 1 aromatic heterocycles. The number of hydrogen-bond acceptors (Lipinski definition) is 2. The first-order valence-electron chi connectivity index (χ1n) is 4.39. The molecule has 0 aliphatic rings. The van der Waals surface area contributed by atoms with Gasteiger partial charge in [-0.1, -0.05) is 13.8 Å². The molecule has 68 valence electrons. The summed E-state index contributed by atoms with van der Waals surface area (Å²) in [4.78, 5) is 4.27. The molecule has 1 heterocycles. The Kier molecular flexibility index (Phi) is 2.87. The largest absolute Gasteiger partial charge is 0.338 e. The van der Waals surface area contributed by atoms with Crippen LogP contribution in [0.1, 0.15) is 32.0 Å². The fourth-order valence-electron chi connectivity index (χ4n) is 1.36. The van der Waals surface area contributed by atoms with Crippen LogP contribution < -0.4 is 5.73 Å².